The van der Waals surface area contributed by atoms with Gasteiger partial charge in [0.1, 0.15) is 19.3 Å². The van der Waals surface area contributed by atoms with Gasteiger partial charge in [-0.2, -0.15) is 0 Å². The van der Waals surface area contributed by atoms with Gasteiger partial charge in [-0.3, -0.25) is 0 Å². The van der Waals surface area contributed by atoms with Crippen LogP contribution < -0.4 is 0 Å². The van der Waals surface area contributed by atoms with E-state index in [0.29, 0.717) is 19.8 Å². The second-order valence-corrected chi connectivity index (χ2v) is 3.75. The molecule has 0 amide bonds. The van der Waals surface area contributed by atoms with E-state index in [9.17, 15) is 0 Å². The minimum atomic E-state index is -0.370. The molecule has 0 aromatic rings. The zero-order valence-corrected chi connectivity index (χ0v) is 11.7. The van der Waals surface area contributed by atoms with E-state index in [0.717, 1.165) is 19.3 Å². The van der Waals surface area contributed by atoms with Crippen LogP contribution in [0.15, 0.2) is 0 Å². The molecule has 0 spiro atoms. The van der Waals surface area contributed by atoms with Gasteiger partial charge < -0.3 is 0 Å². The maximum absolute atomic E-state index is 5.13. The fraction of sp³-hybridized carbons (Fsp3) is 1.00. The first kappa shape index (κ1) is 17.8. The smallest absolute Gasteiger partial charge is 0.146 e. The molecule has 0 radical (unpaired) electrons. The molecule has 0 aliphatic carbocycles. The van der Waals surface area contributed by atoms with Gasteiger partial charge in [0.2, 0.25) is 0 Å². The van der Waals surface area contributed by atoms with Crippen LogP contribution in [-0.4, -0.2) is 39.1 Å². The molecule has 0 aromatic carbocycles. The Morgan fingerprint density at radius 3 is 1.50 bits per heavy atom. The third kappa shape index (κ3) is 12.2. The first-order valence-corrected chi connectivity index (χ1v) is 6.62. The lowest BCUT2D eigenvalue weighted by atomic mass is 10.4. The molecule has 0 atom stereocenters. The Morgan fingerprint density at radius 1 is 0.611 bits per heavy atom. The maximum atomic E-state index is 5.13. The van der Waals surface area contributed by atoms with E-state index < -0.39 is 0 Å². The van der Waals surface area contributed by atoms with E-state index >= 15 is 0 Å². The topological polar surface area (TPSA) is 55.4 Å². The van der Waals surface area contributed by atoms with Crippen molar-refractivity contribution in [3.63, 3.8) is 0 Å². The Labute approximate surface area is 109 Å². The van der Waals surface area contributed by atoms with Crippen LogP contribution in [0.3, 0.4) is 0 Å². The lowest BCUT2D eigenvalue weighted by molar-refractivity contribution is -0.392. The van der Waals surface area contributed by atoms with Gasteiger partial charge in [-0.05, 0) is 19.3 Å². The number of rotatable bonds is 14. The standard InChI is InChI=1S/C12H26O6/c1-4-7-13-16-10-12(18-15-9-6-3)11-17-14-8-5-2/h12H,4-11H2,1-3H3. The molecule has 110 valence electrons. The summed E-state index contributed by atoms with van der Waals surface area (Å²) in [5.41, 5.74) is 0. The van der Waals surface area contributed by atoms with Crippen molar-refractivity contribution >= 4 is 0 Å². The summed E-state index contributed by atoms with van der Waals surface area (Å²) >= 11 is 0. The third-order valence-corrected chi connectivity index (χ3v) is 1.74. The van der Waals surface area contributed by atoms with Gasteiger partial charge in [-0.15, -0.1) is 0 Å². The van der Waals surface area contributed by atoms with Crippen molar-refractivity contribution in [2.75, 3.05) is 33.0 Å². The summed E-state index contributed by atoms with van der Waals surface area (Å²) in [6, 6.07) is 0. The lowest BCUT2D eigenvalue weighted by Gasteiger charge is -2.15. The molecule has 0 fully saturated rings. The molecule has 0 aromatic heterocycles. The molecule has 6 nitrogen and oxygen atoms in total. The SMILES string of the molecule is CCCOOCC(COOCCC)OOCCC. The van der Waals surface area contributed by atoms with Gasteiger partial charge in [0.15, 0.2) is 0 Å². The fourth-order valence-corrected chi connectivity index (χ4v) is 0.864. The second-order valence-electron chi connectivity index (χ2n) is 3.75. The molecule has 0 aliphatic heterocycles. The van der Waals surface area contributed by atoms with Crippen molar-refractivity contribution in [1.29, 1.82) is 0 Å². The van der Waals surface area contributed by atoms with Crippen LogP contribution in [0.4, 0.5) is 0 Å². The van der Waals surface area contributed by atoms with Crippen LogP contribution >= 0.6 is 0 Å². The Hall–Kier alpha value is -0.240. The highest BCUT2D eigenvalue weighted by Gasteiger charge is 2.12. The molecule has 6 heteroatoms. The van der Waals surface area contributed by atoms with E-state index in [1.807, 2.05) is 20.8 Å². The summed E-state index contributed by atoms with van der Waals surface area (Å²) in [5, 5.41) is 0. The largest absolute Gasteiger partial charge is 0.237 e. The van der Waals surface area contributed by atoms with Crippen LogP contribution in [0.5, 0.6) is 0 Å². The van der Waals surface area contributed by atoms with Crippen molar-refractivity contribution in [3.05, 3.63) is 0 Å². The predicted octanol–water partition coefficient (Wildman–Crippen LogP) is 2.43. The normalized spacial score (nSPS) is 11.3. The van der Waals surface area contributed by atoms with Gasteiger partial charge in [-0.25, -0.2) is 29.3 Å². The molecule has 0 unspecified atom stereocenters. The van der Waals surface area contributed by atoms with Crippen LogP contribution in [0.2, 0.25) is 0 Å². The highest BCUT2D eigenvalue weighted by molar-refractivity contribution is 4.49. The minimum Gasteiger partial charge on any atom is -0.237 e. The van der Waals surface area contributed by atoms with Crippen molar-refractivity contribution < 1.29 is 29.3 Å². The van der Waals surface area contributed by atoms with E-state index in [1.54, 1.807) is 0 Å². The average Bonchev–Trinajstić information content (AvgIpc) is 2.39. The molecule has 18 heavy (non-hydrogen) atoms. The fourth-order valence-electron chi connectivity index (χ4n) is 0.864. The average molecular weight is 266 g/mol. The number of hydrogen-bond donors (Lipinski definition) is 0. The maximum Gasteiger partial charge on any atom is 0.146 e. The Bertz CT molecular complexity index is 144. The van der Waals surface area contributed by atoms with E-state index in [2.05, 4.69) is 0 Å². The molecule has 0 saturated carbocycles. The first-order valence-electron chi connectivity index (χ1n) is 6.62. The zero-order chi connectivity index (χ0) is 13.5. The number of hydrogen-bond acceptors (Lipinski definition) is 6. The summed E-state index contributed by atoms with van der Waals surface area (Å²) in [4.78, 5) is 29.9. The highest BCUT2D eigenvalue weighted by atomic mass is 17.2. The van der Waals surface area contributed by atoms with Gasteiger partial charge in [-0.1, -0.05) is 20.8 Å². The van der Waals surface area contributed by atoms with Crippen LogP contribution in [0.25, 0.3) is 0 Å². The highest BCUT2D eigenvalue weighted by Crippen LogP contribution is 1.99. The molecule has 0 aliphatic rings. The summed E-state index contributed by atoms with van der Waals surface area (Å²) < 4.78 is 0. The van der Waals surface area contributed by atoms with Crippen LogP contribution in [0.1, 0.15) is 40.0 Å². The van der Waals surface area contributed by atoms with Crippen LogP contribution in [-0.2, 0) is 29.3 Å². The van der Waals surface area contributed by atoms with Gasteiger partial charge in [0, 0.05) is 0 Å². The first-order chi connectivity index (χ1) is 8.85. The second kappa shape index (κ2) is 14.8. The molecule has 0 saturated heterocycles. The molecular formula is C12H26O6. The Kier molecular flexibility index (Phi) is 14.6. The van der Waals surface area contributed by atoms with Crippen molar-refractivity contribution in [3.8, 4) is 0 Å². The molecule has 0 heterocycles. The predicted molar refractivity (Wildman–Crippen MR) is 65.5 cm³/mol. The van der Waals surface area contributed by atoms with Crippen molar-refractivity contribution in [2.45, 2.75) is 46.1 Å². The molecular weight excluding hydrogens is 240 g/mol. The quantitative estimate of drug-likeness (QED) is 0.273. The minimum absolute atomic E-state index is 0.235. The third-order valence-electron chi connectivity index (χ3n) is 1.74. The Balaban J connectivity index is 3.62. The lowest BCUT2D eigenvalue weighted by Crippen LogP contribution is -2.26. The van der Waals surface area contributed by atoms with Gasteiger partial charge in [0.25, 0.3) is 0 Å². The summed E-state index contributed by atoms with van der Waals surface area (Å²) in [7, 11) is 0. The molecule has 0 N–H and O–H groups in total. The molecule has 0 bridgehead atoms. The molecule has 0 rings (SSSR count). The van der Waals surface area contributed by atoms with E-state index in [-0.39, 0.29) is 19.3 Å². The Morgan fingerprint density at radius 2 is 1.06 bits per heavy atom. The van der Waals surface area contributed by atoms with E-state index in [1.165, 1.54) is 0 Å². The monoisotopic (exact) mass is 266 g/mol. The van der Waals surface area contributed by atoms with Gasteiger partial charge in [0.05, 0.1) is 19.8 Å². The van der Waals surface area contributed by atoms with Crippen LogP contribution in [0, 0.1) is 0 Å². The van der Waals surface area contributed by atoms with E-state index in [4.69, 9.17) is 29.3 Å². The van der Waals surface area contributed by atoms with Crippen molar-refractivity contribution in [2.24, 2.45) is 0 Å². The summed E-state index contributed by atoms with van der Waals surface area (Å²) in [6.07, 6.45) is 2.31. The van der Waals surface area contributed by atoms with Gasteiger partial charge >= 0.3 is 0 Å². The summed E-state index contributed by atoms with van der Waals surface area (Å²) in [5.74, 6) is 0. The zero-order valence-electron chi connectivity index (χ0n) is 11.7. The van der Waals surface area contributed by atoms with Crippen molar-refractivity contribution in [1.82, 2.24) is 0 Å². The summed E-state index contributed by atoms with van der Waals surface area (Å²) in [6.45, 7) is 8.11.